The number of sulfonamides is 1. The van der Waals surface area contributed by atoms with Crippen LogP contribution in [0.15, 0.2) is 21.5 Å². The molecule has 1 fully saturated rings. The molecule has 0 atom stereocenters. The number of hydrogen-bond donors (Lipinski definition) is 2. The van der Waals surface area contributed by atoms with E-state index in [1.54, 1.807) is 0 Å². The first-order valence-electron chi connectivity index (χ1n) is 6.36. The van der Waals surface area contributed by atoms with Crippen molar-refractivity contribution >= 4 is 26.0 Å². The van der Waals surface area contributed by atoms with Crippen molar-refractivity contribution in [3.05, 3.63) is 28.0 Å². The van der Waals surface area contributed by atoms with Crippen LogP contribution in [0.2, 0.25) is 0 Å². The standard InChI is InChI=1S/C13H17BrFNO3S/c1-13(3-2-4-13)8-16-20(18,19)11-6-10(14)5-9(7-17)12(11)15/h5-6,16-17H,2-4,7-8H2,1H3. The zero-order valence-electron chi connectivity index (χ0n) is 11.1. The Morgan fingerprint density at radius 1 is 1.45 bits per heavy atom. The Kier molecular flexibility index (Phi) is 4.53. The second-order valence-corrected chi connectivity index (χ2v) is 8.17. The molecule has 0 aromatic heterocycles. The van der Waals surface area contributed by atoms with Crippen molar-refractivity contribution in [3.63, 3.8) is 0 Å². The van der Waals surface area contributed by atoms with Crippen molar-refractivity contribution in [2.24, 2.45) is 5.41 Å². The highest BCUT2D eigenvalue weighted by Crippen LogP contribution is 2.39. The van der Waals surface area contributed by atoms with Crippen molar-refractivity contribution in [3.8, 4) is 0 Å². The van der Waals surface area contributed by atoms with E-state index >= 15 is 0 Å². The fourth-order valence-electron chi connectivity index (χ4n) is 2.23. The summed E-state index contributed by atoms with van der Waals surface area (Å²) in [6.07, 6.45) is 3.04. The van der Waals surface area contributed by atoms with Crippen LogP contribution in [-0.2, 0) is 16.6 Å². The topological polar surface area (TPSA) is 66.4 Å². The van der Waals surface area contributed by atoms with Crippen LogP contribution in [0.1, 0.15) is 31.7 Å². The van der Waals surface area contributed by atoms with Crippen molar-refractivity contribution in [2.75, 3.05) is 6.54 Å². The Morgan fingerprint density at radius 2 is 2.10 bits per heavy atom. The predicted molar refractivity (Wildman–Crippen MR) is 77.2 cm³/mol. The van der Waals surface area contributed by atoms with E-state index in [1.807, 2.05) is 6.92 Å². The van der Waals surface area contributed by atoms with Gasteiger partial charge in [0.2, 0.25) is 10.0 Å². The predicted octanol–water partition coefficient (Wildman–Crippen LogP) is 2.55. The smallest absolute Gasteiger partial charge is 0.243 e. The van der Waals surface area contributed by atoms with Gasteiger partial charge >= 0.3 is 0 Å². The van der Waals surface area contributed by atoms with Gasteiger partial charge in [-0.2, -0.15) is 0 Å². The minimum absolute atomic E-state index is 0.0324. The van der Waals surface area contributed by atoms with Crippen LogP contribution in [0.3, 0.4) is 0 Å². The summed E-state index contributed by atoms with van der Waals surface area (Å²) in [7, 11) is -3.92. The molecule has 0 radical (unpaired) electrons. The number of benzene rings is 1. The normalized spacial score (nSPS) is 17.8. The lowest BCUT2D eigenvalue weighted by molar-refractivity contribution is 0.166. The van der Waals surface area contributed by atoms with Gasteiger partial charge in [0.25, 0.3) is 0 Å². The molecule has 0 spiro atoms. The molecule has 7 heteroatoms. The monoisotopic (exact) mass is 365 g/mol. The van der Waals surface area contributed by atoms with Gasteiger partial charge in [0, 0.05) is 16.6 Å². The molecule has 0 bridgehead atoms. The van der Waals surface area contributed by atoms with Crippen molar-refractivity contribution in [2.45, 2.75) is 37.7 Å². The first-order valence-corrected chi connectivity index (χ1v) is 8.63. The van der Waals surface area contributed by atoms with Crippen molar-refractivity contribution in [1.29, 1.82) is 0 Å². The van der Waals surface area contributed by atoms with Crippen LogP contribution in [0.4, 0.5) is 4.39 Å². The molecule has 0 saturated heterocycles. The fourth-order valence-corrected chi connectivity index (χ4v) is 4.23. The zero-order chi connectivity index (χ0) is 15.0. The van der Waals surface area contributed by atoms with E-state index < -0.39 is 27.3 Å². The number of aliphatic hydroxyl groups is 1. The van der Waals surface area contributed by atoms with Crippen LogP contribution in [0, 0.1) is 11.2 Å². The van der Waals surface area contributed by atoms with E-state index in [2.05, 4.69) is 20.7 Å². The van der Waals surface area contributed by atoms with Gasteiger partial charge in [0.05, 0.1) is 6.61 Å². The second-order valence-electron chi connectivity index (χ2n) is 5.52. The van der Waals surface area contributed by atoms with Crippen LogP contribution in [0.25, 0.3) is 0 Å². The summed E-state index contributed by atoms with van der Waals surface area (Å²) < 4.78 is 41.4. The third kappa shape index (κ3) is 3.21. The third-order valence-corrected chi connectivity index (χ3v) is 5.65. The van der Waals surface area contributed by atoms with E-state index in [4.69, 9.17) is 5.11 Å². The minimum Gasteiger partial charge on any atom is -0.392 e. The first kappa shape index (κ1) is 15.9. The molecule has 1 aliphatic rings. The van der Waals surface area contributed by atoms with Gasteiger partial charge in [0.15, 0.2) is 0 Å². The maximum absolute atomic E-state index is 14.1. The van der Waals surface area contributed by atoms with Crippen LogP contribution in [-0.4, -0.2) is 20.1 Å². The maximum Gasteiger partial charge on any atom is 0.243 e. The van der Waals surface area contributed by atoms with Gasteiger partial charge in [-0.15, -0.1) is 0 Å². The van der Waals surface area contributed by atoms with E-state index in [0.29, 0.717) is 11.0 Å². The Labute approximate surface area is 126 Å². The molecule has 0 aliphatic heterocycles. The van der Waals surface area contributed by atoms with Gasteiger partial charge in [-0.25, -0.2) is 17.5 Å². The lowest BCUT2D eigenvalue weighted by Gasteiger charge is -2.38. The highest BCUT2D eigenvalue weighted by molar-refractivity contribution is 9.10. The molecule has 0 heterocycles. The maximum atomic E-state index is 14.1. The number of nitrogens with one attached hydrogen (secondary N) is 1. The van der Waals surface area contributed by atoms with Crippen LogP contribution < -0.4 is 4.72 Å². The first-order chi connectivity index (χ1) is 9.27. The zero-order valence-corrected chi connectivity index (χ0v) is 13.5. The Morgan fingerprint density at radius 3 is 2.60 bits per heavy atom. The molecule has 2 N–H and O–H groups in total. The van der Waals surface area contributed by atoms with E-state index in [0.717, 1.165) is 19.3 Å². The molecule has 112 valence electrons. The van der Waals surface area contributed by atoms with Crippen LogP contribution in [0.5, 0.6) is 0 Å². The largest absolute Gasteiger partial charge is 0.392 e. The summed E-state index contributed by atoms with van der Waals surface area (Å²) in [6, 6.07) is 2.57. The number of hydrogen-bond acceptors (Lipinski definition) is 3. The molecule has 0 unspecified atom stereocenters. The lowest BCUT2D eigenvalue weighted by atomic mass is 9.71. The summed E-state index contributed by atoms with van der Waals surface area (Å²) in [5.41, 5.74) is -0.0790. The van der Waals surface area contributed by atoms with Crippen LogP contribution >= 0.6 is 15.9 Å². The Hall–Kier alpha value is -0.500. The van der Waals surface area contributed by atoms with Crippen molar-refractivity contribution < 1.29 is 17.9 Å². The molecule has 20 heavy (non-hydrogen) atoms. The summed E-state index contributed by atoms with van der Waals surface area (Å²) in [6.45, 7) is 1.76. The molecular weight excluding hydrogens is 349 g/mol. The van der Waals surface area contributed by atoms with Crippen molar-refractivity contribution in [1.82, 2.24) is 4.72 Å². The molecular formula is C13H17BrFNO3S. The lowest BCUT2D eigenvalue weighted by Crippen LogP contribution is -2.40. The quantitative estimate of drug-likeness (QED) is 0.842. The third-order valence-electron chi connectivity index (χ3n) is 3.79. The van der Waals surface area contributed by atoms with Gasteiger partial charge in [-0.1, -0.05) is 29.3 Å². The summed E-state index contributed by atoms with van der Waals surface area (Å²) in [4.78, 5) is -0.432. The molecule has 1 aliphatic carbocycles. The summed E-state index contributed by atoms with van der Waals surface area (Å²) in [5.74, 6) is -0.901. The average Bonchev–Trinajstić information content (AvgIpc) is 2.36. The highest BCUT2D eigenvalue weighted by Gasteiger charge is 2.33. The minimum atomic E-state index is -3.92. The van der Waals surface area contributed by atoms with E-state index in [-0.39, 0.29) is 11.0 Å². The van der Waals surface area contributed by atoms with E-state index in [1.165, 1.54) is 12.1 Å². The van der Waals surface area contributed by atoms with Gasteiger partial charge in [-0.3, -0.25) is 0 Å². The number of aliphatic hydroxyl groups excluding tert-OH is 1. The molecule has 0 amide bonds. The number of rotatable bonds is 5. The Balaban J connectivity index is 2.27. The molecule has 2 rings (SSSR count). The molecule has 4 nitrogen and oxygen atoms in total. The Bertz CT molecular complexity index is 614. The molecule has 1 aromatic carbocycles. The fraction of sp³-hybridized carbons (Fsp3) is 0.538. The second kappa shape index (κ2) is 5.71. The molecule has 1 saturated carbocycles. The number of halogens is 2. The summed E-state index contributed by atoms with van der Waals surface area (Å²) in [5, 5.41) is 9.06. The van der Waals surface area contributed by atoms with Gasteiger partial charge in [-0.05, 0) is 30.4 Å². The van der Waals surface area contributed by atoms with E-state index in [9.17, 15) is 12.8 Å². The molecule has 1 aromatic rings. The van der Waals surface area contributed by atoms with Gasteiger partial charge in [0.1, 0.15) is 10.7 Å². The SMILES string of the molecule is CC1(CNS(=O)(=O)c2cc(Br)cc(CO)c2F)CCC1. The highest BCUT2D eigenvalue weighted by atomic mass is 79.9. The average molecular weight is 366 g/mol. The summed E-state index contributed by atoms with van der Waals surface area (Å²) >= 11 is 3.13. The van der Waals surface area contributed by atoms with Gasteiger partial charge < -0.3 is 5.11 Å².